The maximum absolute atomic E-state index is 4.42. The van der Waals surface area contributed by atoms with Crippen molar-refractivity contribution in [1.82, 2.24) is 19.4 Å². The molecule has 4 heteroatoms. The number of rotatable bonds is 1. The second kappa shape index (κ2) is 3.16. The predicted octanol–water partition coefficient (Wildman–Crippen LogP) is 1.79. The molecule has 3 heterocycles. The average Bonchev–Trinajstić information content (AvgIpc) is 2.74. The highest BCUT2D eigenvalue weighted by molar-refractivity contribution is 5.54. The van der Waals surface area contributed by atoms with E-state index in [1.54, 1.807) is 18.5 Å². The summed E-state index contributed by atoms with van der Waals surface area (Å²) in [6.45, 7) is 0. The highest BCUT2D eigenvalue weighted by Crippen LogP contribution is 2.13. The van der Waals surface area contributed by atoms with Crippen LogP contribution in [0, 0.1) is 0 Å². The summed E-state index contributed by atoms with van der Waals surface area (Å²) >= 11 is 0. The smallest absolute Gasteiger partial charge is 0.179 e. The van der Waals surface area contributed by atoms with Crippen LogP contribution < -0.4 is 0 Å². The SMILES string of the molecule is c1cnc(-c2cn3ccccc3n2)nc1. The fraction of sp³-hybridized carbons (Fsp3) is 0. The molecule has 0 saturated carbocycles. The minimum Gasteiger partial charge on any atom is -0.306 e. The van der Waals surface area contributed by atoms with Crippen LogP contribution in [0.4, 0.5) is 0 Å². The molecule has 0 radical (unpaired) electrons. The van der Waals surface area contributed by atoms with Crippen molar-refractivity contribution in [2.24, 2.45) is 0 Å². The first-order valence-corrected chi connectivity index (χ1v) is 4.64. The molecular weight excluding hydrogens is 188 g/mol. The maximum Gasteiger partial charge on any atom is 0.179 e. The van der Waals surface area contributed by atoms with Gasteiger partial charge < -0.3 is 4.40 Å². The molecule has 0 aromatic carbocycles. The van der Waals surface area contributed by atoms with Gasteiger partial charge in [-0.1, -0.05) is 6.07 Å². The maximum atomic E-state index is 4.42. The van der Waals surface area contributed by atoms with Crippen LogP contribution in [0.5, 0.6) is 0 Å². The number of hydrogen-bond acceptors (Lipinski definition) is 3. The molecule has 15 heavy (non-hydrogen) atoms. The molecule has 0 bridgehead atoms. The summed E-state index contributed by atoms with van der Waals surface area (Å²) in [5.41, 5.74) is 1.70. The van der Waals surface area contributed by atoms with E-state index in [0.717, 1.165) is 11.3 Å². The molecule has 3 aromatic rings. The van der Waals surface area contributed by atoms with E-state index in [1.807, 2.05) is 35.0 Å². The van der Waals surface area contributed by atoms with Gasteiger partial charge in [-0.25, -0.2) is 15.0 Å². The number of hydrogen-bond donors (Lipinski definition) is 0. The normalized spacial score (nSPS) is 10.7. The summed E-state index contributed by atoms with van der Waals surface area (Å²) < 4.78 is 1.95. The Balaban J connectivity index is 2.21. The van der Waals surface area contributed by atoms with Gasteiger partial charge in [0.25, 0.3) is 0 Å². The van der Waals surface area contributed by atoms with Gasteiger partial charge in [0.1, 0.15) is 11.3 Å². The summed E-state index contributed by atoms with van der Waals surface area (Å²) in [7, 11) is 0. The summed E-state index contributed by atoms with van der Waals surface area (Å²) in [5.74, 6) is 0.654. The minimum absolute atomic E-state index is 0.654. The topological polar surface area (TPSA) is 43.1 Å². The third kappa shape index (κ3) is 1.36. The van der Waals surface area contributed by atoms with Crippen molar-refractivity contribution in [3.05, 3.63) is 49.1 Å². The van der Waals surface area contributed by atoms with E-state index >= 15 is 0 Å². The highest BCUT2D eigenvalue weighted by Gasteiger charge is 2.04. The van der Waals surface area contributed by atoms with Crippen molar-refractivity contribution >= 4 is 5.65 Å². The van der Waals surface area contributed by atoms with E-state index in [9.17, 15) is 0 Å². The van der Waals surface area contributed by atoms with Gasteiger partial charge in [0.2, 0.25) is 0 Å². The zero-order chi connectivity index (χ0) is 10.1. The number of nitrogens with zero attached hydrogens (tertiary/aromatic N) is 4. The third-order valence-electron chi connectivity index (χ3n) is 2.16. The van der Waals surface area contributed by atoms with E-state index < -0.39 is 0 Å². The molecule has 0 fully saturated rings. The molecule has 3 rings (SSSR count). The van der Waals surface area contributed by atoms with Gasteiger partial charge in [-0.15, -0.1) is 0 Å². The van der Waals surface area contributed by atoms with Crippen LogP contribution in [-0.4, -0.2) is 19.4 Å². The van der Waals surface area contributed by atoms with Crippen molar-refractivity contribution in [1.29, 1.82) is 0 Å². The fourth-order valence-electron chi connectivity index (χ4n) is 1.47. The van der Waals surface area contributed by atoms with Crippen LogP contribution in [-0.2, 0) is 0 Å². The molecule has 0 saturated heterocycles. The standard InChI is InChI=1S/C11H8N4/c1-2-7-15-8-9(14-10(15)4-1)11-12-5-3-6-13-11/h1-8H. The highest BCUT2D eigenvalue weighted by atomic mass is 15.0. The first-order valence-electron chi connectivity index (χ1n) is 4.64. The third-order valence-corrected chi connectivity index (χ3v) is 2.16. The van der Waals surface area contributed by atoms with Crippen LogP contribution in [0.2, 0.25) is 0 Å². The van der Waals surface area contributed by atoms with Gasteiger partial charge in [0.15, 0.2) is 5.82 Å². The van der Waals surface area contributed by atoms with Crippen molar-refractivity contribution < 1.29 is 0 Å². The van der Waals surface area contributed by atoms with Gasteiger partial charge in [-0.2, -0.15) is 0 Å². The van der Waals surface area contributed by atoms with Gasteiger partial charge in [-0.3, -0.25) is 0 Å². The molecule has 4 nitrogen and oxygen atoms in total. The van der Waals surface area contributed by atoms with E-state index in [0.29, 0.717) is 5.82 Å². The van der Waals surface area contributed by atoms with Gasteiger partial charge in [-0.05, 0) is 18.2 Å². The zero-order valence-electron chi connectivity index (χ0n) is 7.91. The Labute approximate surface area is 86.3 Å². The Kier molecular flexibility index (Phi) is 1.71. The van der Waals surface area contributed by atoms with Crippen LogP contribution in [0.3, 0.4) is 0 Å². The molecule has 72 valence electrons. The van der Waals surface area contributed by atoms with E-state index in [1.165, 1.54) is 0 Å². The first kappa shape index (κ1) is 8.11. The number of pyridine rings is 1. The lowest BCUT2D eigenvalue weighted by Gasteiger charge is -1.90. The Morgan fingerprint density at radius 3 is 2.67 bits per heavy atom. The van der Waals surface area contributed by atoms with E-state index in [4.69, 9.17) is 0 Å². The van der Waals surface area contributed by atoms with Gasteiger partial charge >= 0.3 is 0 Å². The second-order valence-electron chi connectivity index (χ2n) is 3.16. The molecule has 0 unspecified atom stereocenters. The Morgan fingerprint density at radius 1 is 1.00 bits per heavy atom. The minimum atomic E-state index is 0.654. The lowest BCUT2D eigenvalue weighted by Crippen LogP contribution is -1.85. The first-order chi connectivity index (χ1) is 7.43. The van der Waals surface area contributed by atoms with Crippen LogP contribution >= 0.6 is 0 Å². The number of fused-ring (bicyclic) bond motifs is 1. The molecule has 0 N–H and O–H groups in total. The monoisotopic (exact) mass is 196 g/mol. The summed E-state index contributed by atoms with van der Waals surface area (Å²) in [6.07, 6.45) is 7.30. The fourth-order valence-corrected chi connectivity index (χ4v) is 1.47. The van der Waals surface area contributed by atoms with Gasteiger partial charge in [0.05, 0.1) is 0 Å². The molecule has 0 amide bonds. The number of imidazole rings is 1. The van der Waals surface area contributed by atoms with Crippen molar-refractivity contribution in [3.63, 3.8) is 0 Å². The van der Waals surface area contributed by atoms with E-state index in [2.05, 4.69) is 15.0 Å². The lowest BCUT2D eigenvalue weighted by molar-refractivity contribution is 1.15. The van der Waals surface area contributed by atoms with Crippen molar-refractivity contribution in [2.45, 2.75) is 0 Å². The van der Waals surface area contributed by atoms with Crippen LogP contribution in [0.25, 0.3) is 17.2 Å². The molecular formula is C11H8N4. The molecule has 0 spiro atoms. The summed E-state index contributed by atoms with van der Waals surface area (Å²) in [6, 6.07) is 7.66. The van der Waals surface area contributed by atoms with Crippen LogP contribution in [0.15, 0.2) is 49.1 Å². The van der Waals surface area contributed by atoms with Crippen LogP contribution in [0.1, 0.15) is 0 Å². The zero-order valence-corrected chi connectivity index (χ0v) is 7.91. The van der Waals surface area contributed by atoms with E-state index in [-0.39, 0.29) is 0 Å². The van der Waals surface area contributed by atoms with Crippen molar-refractivity contribution in [3.8, 4) is 11.5 Å². The Bertz CT molecular complexity index is 553. The Morgan fingerprint density at radius 2 is 1.87 bits per heavy atom. The quantitative estimate of drug-likeness (QED) is 0.596. The molecule has 0 aliphatic rings. The van der Waals surface area contributed by atoms with Crippen molar-refractivity contribution in [2.75, 3.05) is 0 Å². The number of aromatic nitrogens is 4. The average molecular weight is 196 g/mol. The second-order valence-corrected chi connectivity index (χ2v) is 3.16. The molecule has 0 aliphatic heterocycles. The lowest BCUT2D eigenvalue weighted by atomic mass is 10.4. The Hall–Kier alpha value is -2.23. The summed E-state index contributed by atoms with van der Waals surface area (Å²) in [4.78, 5) is 12.7. The predicted molar refractivity (Wildman–Crippen MR) is 56.2 cm³/mol. The molecule has 0 atom stereocenters. The molecule has 3 aromatic heterocycles. The molecule has 0 aliphatic carbocycles. The van der Waals surface area contributed by atoms with Gasteiger partial charge in [0, 0.05) is 24.8 Å². The summed E-state index contributed by atoms with van der Waals surface area (Å²) in [5, 5.41) is 0. The largest absolute Gasteiger partial charge is 0.306 e.